The first-order chi connectivity index (χ1) is 9.36. The first-order valence-electron chi connectivity index (χ1n) is 7.17. The number of halogens is 3. The Labute approximate surface area is 118 Å². The molecule has 1 aromatic carbocycles. The molecule has 1 aliphatic heterocycles. The largest absolute Gasteiger partial charge is 0.416 e. The van der Waals surface area contributed by atoms with Crippen LogP contribution in [0.5, 0.6) is 0 Å². The van der Waals surface area contributed by atoms with Crippen molar-refractivity contribution in [3.05, 3.63) is 35.4 Å². The van der Waals surface area contributed by atoms with E-state index in [1.807, 2.05) is 0 Å². The predicted molar refractivity (Wildman–Crippen MR) is 73.5 cm³/mol. The molecule has 0 aromatic heterocycles. The molecular weight excluding hydrogens is 263 g/mol. The van der Waals surface area contributed by atoms with Gasteiger partial charge in [-0.15, -0.1) is 0 Å². The van der Waals surface area contributed by atoms with Gasteiger partial charge in [0.25, 0.3) is 0 Å². The molecule has 20 heavy (non-hydrogen) atoms. The third-order valence-electron chi connectivity index (χ3n) is 3.82. The Morgan fingerprint density at radius 1 is 1.25 bits per heavy atom. The Bertz CT molecular complexity index is 432. The zero-order chi connectivity index (χ0) is 14.8. The highest BCUT2D eigenvalue weighted by Gasteiger charge is 2.31. The van der Waals surface area contributed by atoms with Crippen LogP contribution in [0.1, 0.15) is 43.7 Å². The topological polar surface area (TPSA) is 3.24 Å². The second-order valence-electron chi connectivity index (χ2n) is 6.02. The summed E-state index contributed by atoms with van der Waals surface area (Å²) >= 11 is 0. The van der Waals surface area contributed by atoms with Gasteiger partial charge in [-0.25, -0.2) is 0 Å². The van der Waals surface area contributed by atoms with E-state index in [9.17, 15) is 13.2 Å². The van der Waals surface area contributed by atoms with Crippen LogP contribution in [0.15, 0.2) is 18.2 Å². The van der Waals surface area contributed by atoms with Crippen LogP contribution < -0.4 is 0 Å². The molecule has 2 rings (SSSR count). The number of benzene rings is 1. The third kappa shape index (κ3) is 3.98. The van der Waals surface area contributed by atoms with Crippen molar-refractivity contribution in [1.29, 1.82) is 0 Å². The van der Waals surface area contributed by atoms with Gasteiger partial charge in [-0.2, -0.15) is 13.2 Å². The number of piperidine rings is 1. The van der Waals surface area contributed by atoms with Gasteiger partial charge in [0.05, 0.1) is 5.56 Å². The van der Waals surface area contributed by atoms with Crippen LogP contribution in [-0.4, -0.2) is 24.5 Å². The maximum absolute atomic E-state index is 12.7. The molecule has 1 aromatic rings. The van der Waals surface area contributed by atoms with Gasteiger partial charge in [0.15, 0.2) is 0 Å². The molecule has 0 atom stereocenters. The molecule has 0 aliphatic carbocycles. The number of hydrogen-bond donors (Lipinski definition) is 0. The Morgan fingerprint density at radius 2 is 1.90 bits per heavy atom. The molecule has 111 valence electrons. The molecule has 0 saturated carbocycles. The van der Waals surface area contributed by atoms with Crippen molar-refractivity contribution >= 4 is 0 Å². The van der Waals surface area contributed by atoms with Crippen LogP contribution in [-0.2, 0) is 6.18 Å². The molecule has 0 unspecified atom stereocenters. The van der Waals surface area contributed by atoms with E-state index in [0.717, 1.165) is 44.1 Å². The summed E-state index contributed by atoms with van der Waals surface area (Å²) in [5.74, 6) is 0.866. The highest BCUT2D eigenvalue weighted by atomic mass is 19.4. The van der Waals surface area contributed by atoms with Crippen molar-refractivity contribution in [3.8, 4) is 0 Å². The van der Waals surface area contributed by atoms with Gasteiger partial charge in [0.2, 0.25) is 0 Å². The number of nitrogens with zero attached hydrogens (tertiary/aromatic N) is 1. The van der Waals surface area contributed by atoms with Gasteiger partial charge in [-0.05, 0) is 61.5 Å². The second-order valence-corrected chi connectivity index (χ2v) is 6.02. The van der Waals surface area contributed by atoms with Crippen LogP contribution in [0.2, 0.25) is 0 Å². The van der Waals surface area contributed by atoms with E-state index in [4.69, 9.17) is 0 Å². The van der Waals surface area contributed by atoms with Crippen molar-refractivity contribution in [2.24, 2.45) is 5.92 Å². The van der Waals surface area contributed by atoms with E-state index in [1.54, 1.807) is 6.07 Å². The fraction of sp³-hybridized carbons (Fsp3) is 0.625. The zero-order valence-electron chi connectivity index (χ0n) is 12.0. The lowest BCUT2D eigenvalue weighted by Gasteiger charge is -2.33. The molecule has 0 amide bonds. The van der Waals surface area contributed by atoms with Crippen molar-refractivity contribution in [2.75, 3.05) is 19.6 Å². The highest BCUT2D eigenvalue weighted by Crippen LogP contribution is 2.34. The van der Waals surface area contributed by atoms with E-state index in [0.29, 0.717) is 5.92 Å². The molecule has 0 bridgehead atoms. The molecule has 1 saturated heterocycles. The minimum Gasteiger partial charge on any atom is -0.303 e. The Hall–Kier alpha value is -1.03. The average Bonchev–Trinajstić information content (AvgIpc) is 2.38. The van der Waals surface area contributed by atoms with E-state index in [1.165, 1.54) is 6.07 Å². The standard InChI is InChI=1S/C16H21F3N/c1-12(2)11-20-8-6-13(7-9-20)14-4-3-5-15(10-14)16(17,18)19/h4-5,10,12-13H,6-9,11H2,1-2H3. The lowest BCUT2D eigenvalue weighted by molar-refractivity contribution is -0.137. The molecule has 1 heterocycles. The van der Waals surface area contributed by atoms with Crippen LogP contribution >= 0.6 is 0 Å². The number of rotatable bonds is 3. The monoisotopic (exact) mass is 284 g/mol. The Balaban J connectivity index is 2.00. The van der Waals surface area contributed by atoms with Gasteiger partial charge in [-0.3, -0.25) is 0 Å². The van der Waals surface area contributed by atoms with E-state index in [2.05, 4.69) is 24.8 Å². The van der Waals surface area contributed by atoms with Crippen LogP contribution in [0, 0.1) is 12.0 Å². The fourth-order valence-electron chi connectivity index (χ4n) is 2.86. The summed E-state index contributed by atoms with van der Waals surface area (Å²) in [6.45, 7) is 7.39. The quantitative estimate of drug-likeness (QED) is 0.798. The molecule has 1 aliphatic rings. The zero-order valence-corrected chi connectivity index (χ0v) is 12.0. The Morgan fingerprint density at radius 3 is 2.45 bits per heavy atom. The van der Waals surface area contributed by atoms with Crippen LogP contribution in [0.3, 0.4) is 0 Å². The second kappa shape index (κ2) is 6.17. The van der Waals surface area contributed by atoms with Crippen molar-refractivity contribution in [1.82, 2.24) is 4.90 Å². The predicted octanol–water partition coefficient (Wildman–Crippen LogP) is 4.34. The molecule has 1 fully saturated rings. The first-order valence-corrected chi connectivity index (χ1v) is 7.17. The Kier molecular flexibility index (Phi) is 4.74. The number of likely N-dealkylation sites (tertiary alicyclic amines) is 1. The van der Waals surface area contributed by atoms with Crippen molar-refractivity contribution in [2.45, 2.75) is 38.8 Å². The van der Waals surface area contributed by atoms with E-state index >= 15 is 0 Å². The summed E-state index contributed by atoms with van der Waals surface area (Å²) in [7, 11) is 0. The normalized spacial score (nSPS) is 18.7. The lowest BCUT2D eigenvalue weighted by Crippen LogP contribution is -2.35. The van der Waals surface area contributed by atoms with Gasteiger partial charge in [0.1, 0.15) is 0 Å². The van der Waals surface area contributed by atoms with Crippen LogP contribution in [0.25, 0.3) is 0 Å². The first kappa shape index (κ1) is 15.4. The minimum atomic E-state index is -4.27. The maximum Gasteiger partial charge on any atom is 0.416 e. The molecular formula is C16H21F3N. The summed E-state index contributed by atoms with van der Waals surface area (Å²) in [6.07, 6.45) is -2.41. The molecule has 1 nitrogen and oxygen atoms in total. The SMILES string of the molecule is CC(C)CN1CCC(c2c[c]cc(C(F)(F)F)c2)CC1. The highest BCUT2D eigenvalue weighted by molar-refractivity contribution is 5.28. The molecule has 0 N–H and O–H groups in total. The van der Waals surface area contributed by atoms with Gasteiger partial charge < -0.3 is 4.90 Å². The van der Waals surface area contributed by atoms with E-state index in [-0.39, 0.29) is 5.92 Å². The summed E-state index contributed by atoms with van der Waals surface area (Å²) in [6, 6.07) is 6.67. The van der Waals surface area contributed by atoms with Crippen molar-refractivity contribution < 1.29 is 13.2 Å². The summed E-state index contributed by atoms with van der Waals surface area (Å²) in [5.41, 5.74) is 0.198. The summed E-state index contributed by atoms with van der Waals surface area (Å²) < 4.78 is 38.1. The lowest BCUT2D eigenvalue weighted by atomic mass is 9.88. The smallest absolute Gasteiger partial charge is 0.303 e. The number of hydrogen-bond acceptors (Lipinski definition) is 1. The summed E-state index contributed by atoms with van der Waals surface area (Å²) in [4.78, 5) is 2.40. The van der Waals surface area contributed by atoms with Crippen LogP contribution in [0.4, 0.5) is 13.2 Å². The van der Waals surface area contributed by atoms with Gasteiger partial charge >= 0.3 is 6.18 Å². The van der Waals surface area contributed by atoms with Crippen molar-refractivity contribution in [3.63, 3.8) is 0 Å². The maximum atomic E-state index is 12.7. The van der Waals surface area contributed by atoms with Gasteiger partial charge in [-0.1, -0.05) is 19.9 Å². The molecule has 0 spiro atoms. The van der Waals surface area contributed by atoms with Gasteiger partial charge in [0, 0.05) is 6.54 Å². The molecule has 1 radical (unpaired) electrons. The average molecular weight is 284 g/mol. The fourth-order valence-corrected chi connectivity index (χ4v) is 2.86. The minimum absolute atomic E-state index is 0.233. The summed E-state index contributed by atoms with van der Waals surface area (Å²) in [5, 5.41) is 0. The third-order valence-corrected chi connectivity index (χ3v) is 3.82. The molecule has 4 heteroatoms. The number of alkyl halides is 3. The van der Waals surface area contributed by atoms with E-state index < -0.39 is 11.7 Å².